The molecule has 0 amide bonds. The van der Waals surface area contributed by atoms with Crippen molar-refractivity contribution in [2.75, 3.05) is 13.1 Å². The number of rotatable bonds is 6. The summed E-state index contributed by atoms with van der Waals surface area (Å²) in [5.41, 5.74) is 1.06. The molecule has 1 saturated heterocycles. The molecular weight excluding hydrogens is 435 g/mol. The summed E-state index contributed by atoms with van der Waals surface area (Å²) < 4.78 is 74.5. The first kappa shape index (κ1) is 21.3. The van der Waals surface area contributed by atoms with Gasteiger partial charge < -0.3 is 9.26 Å². The van der Waals surface area contributed by atoms with Crippen molar-refractivity contribution in [2.24, 2.45) is 0 Å². The lowest BCUT2D eigenvalue weighted by Gasteiger charge is -2.17. The Morgan fingerprint density at radius 2 is 1.81 bits per heavy atom. The van der Waals surface area contributed by atoms with Gasteiger partial charge in [0.05, 0.1) is 12.3 Å². The van der Waals surface area contributed by atoms with Crippen molar-refractivity contribution in [3.8, 4) is 17.1 Å². The minimum atomic E-state index is -4.70. The molecule has 31 heavy (non-hydrogen) atoms. The molecule has 0 N–H and O–H groups in total. The van der Waals surface area contributed by atoms with E-state index in [2.05, 4.69) is 14.7 Å². The molecule has 0 spiro atoms. The van der Waals surface area contributed by atoms with Gasteiger partial charge in [-0.3, -0.25) is 0 Å². The fourth-order valence-corrected chi connectivity index (χ4v) is 4.83. The van der Waals surface area contributed by atoms with E-state index in [1.165, 1.54) is 16.4 Å². The largest absolute Gasteiger partial charge is 0.489 e. The maximum atomic E-state index is 12.6. The molecule has 1 aliphatic heterocycles. The van der Waals surface area contributed by atoms with Gasteiger partial charge in [0, 0.05) is 12.1 Å². The summed E-state index contributed by atoms with van der Waals surface area (Å²) in [7, 11) is -3.46. The van der Waals surface area contributed by atoms with Crippen LogP contribution in [0.1, 0.15) is 17.9 Å². The normalized spacial score (nSPS) is 17.7. The van der Waals surface area contributed by atoms with Crippen molar-refractivity contribution >= 4 is 10.0 Å². The van der Waals surface area contributed by atoms with Crippen molar-refractivity contribution in [3.63, 3.8) is 0 Å². The molecule has 7 nitrogen and oxygen atoms in total. The zero-order valence-corrected chi connectivity index (χ0v) is 16.9. The van der Waals surface area contributed by atoms with E-state index in [9.17, 15) is 21.6 Å². The predicted molar refractivity (Wildman–Crippen MR) is 104 cm³/mol. The molecule has 164 valence electrons. The van der Waals surface area contributed by atoms with Gasteiger partial charge >= 0.3 is 12.1 Å². The zero-order valence-electron chi connectivity index (χ0n) is 16.1. The highest BCUT2D eigenvalue weighted by atomic mass is 32.2. The van der Waals surface area contributed by atoms with E-state index in [1.54, 1.807) is 36.4 Å². The van der Waals surface area contributed by atoms with Gasteiger partial charge in [0.1, 0.15) is 11.9 Å². The number of hydrogen-bond acceptors (Lipinski definition) is 6. The lowest BCUT2D eigenvalue weighted by molar-refractivity contribution is -0.159. The third kappa shape index (κ3) is 5.05. The molecule has 0 bridgehead atoms. The van der Waals surface area contributed by atoms with Crippen LogP contribution in [0.3, 0.4) is 0 Å². The first-order valence-electron chi connectivity index (χ1n) is 9.40. The standard InChI is InChI=1S/C20H18F3N3O4S/c21-20(22,23)19-24-18(25-30-19)15-6-8-16(9-7-15)29-17-10-11-26(12-17)31(27,28)13-14-4-2-1-3-5-14/h1-9,17H,10-13H2/t17-/m0/s1. The minimum Gasteiger partial charge on any atom is -0.489 e. The Hall–Kier alpha value is -2.92. The van der Waals surface area contributed by atoms with E-state index in [4.69, 9.17) is 4.74 Å². The third-order valence-electron chi connectivity index (χ3n) is 4.78. The molecule has 0 aliphatic carbocycles. The summed E-state index contributed by atoms with van der Waals surface area (Å²) in [6.45, 7) is 0.595. The second-order valence-corrected chi connectivity index (χ2v) is 9.04. The predicted octanol–water partition coefficient (Wildman–Crippen LogP) is 3.74. The highest BCUT2D eigenvalue weighted by Gasteiger charge is 2.38. The Morgan fingerprint density at radius 3 is 2.45 bits per heavy atom. The Bertz CT molecular complexity index is 1130. The highest BCUT2D eigenvalue weighted by Crippen LogP contribution is 2.30. The van der Waals surface area contributed by atoms with Crippen LogP contribution in [0.15, 0.2) is 59.1 Å². The van der Waals surface area contributed by atoms with Crippen LogP contribution in [0.2, 0.25) is 0 Å². The number of hydrogen-bond donors (Lipinski definition) is 0. The topological polar surface area (TPSA) is 85.5 Å². The average molecular weight is 453 g/mol. The van der Waals surface area contributed by atoms with Crippen LogP contribution in [0.5, 0.6) is 5.75 Å². The Kier molecular flexibility index (Phi) is 5.71. The van der Waals surface area contributed by atoms with Crippen LogP contribution in [-0.2, 0) is 22.0 Å². The number of ether oxygens (including phenoxy) is 1. The molecule has 4 rings (SSSR count). The Balaban J connectivity index is 1.36. The number of nitrogens with zero attached hydrogens (tertiary/aromatic N) is 3. The monoisotopic (exact) mass is 453 g/mol. The van der Waals surface area contributed by atoms with Crippen molar-refractivity contribution < 1.29 is 30.8 Å². The molecule has 1 aliphatic rings. The number of sulfonamides is 1. The molecule has 1 fully saturated rings. The first-order valence-corrected chi connectivity index (χ1v) is 11.0. The molecule has 1 atom stereocenters. The zero-order chi connectivity index (χ0) is 22.1. The van der Waals surface area contributed by atoms with Crippen molar-refractivity contribution in [2.45, 2.75) is 24.5 Å². The van der Waals surface area contributed by atoms with Crippen molar-refractivity contribution in [3.05, 3.63) is 66.1 Å². The maximum Gasteiger partial charge on any atom is 0.471 e. The van der Waals surface area contributed by atoms with E-state index in [1.807, 2.05) is 6.07 Å². The fraction of sp³-hybridized carbons (Fsp3) is 0.300. The van der Waals surface area contributed by atoms with Crippen molar-refractivity contribution in [1.29, 1.82) is 0 Å². The second-order valence-electron chi connectivity index (χ2n) is 7.07. The highest BCUT2D eigenvalue weighted by molar-refractivity contribution is 7.88. The SMILES string of the molecule is O=S(=O)(Cc1ccccc1)N1CC[C@H](Oc2ccc(-c3noc(C(F)(F)F)n3)cc2)C1. The molecular formula is C20H18F3N3O4S. The Morgan fingerprint density at radius 1 is 1.10 bits per heavy atom. The molecule has 2 aromatic carbocycles. The van der Waals surface area contributed by atoms with E-state index < -0.39 is 22.1 Å². The quantitative estimate of drug-likeness (QED) is 0.565. The number of aromatic nitrogens is 2. The molecule has 11 heteroatoms. The maximum absolute atomic E-state index is 12.6. The lowest BCUT2D eigenvalue weighted by Crippen LogP contribution is -2.32. The van der Waals surface area contributed by atoms with Crippen LogP contribution in [0.4, 0.5) is 13.2 Å². The van der Waals surface area contributed by atoms with Crippen LogP contribution < -0.4 is 4.74 Å². The smallest absolute Gasteiger partial charge is 0.471 e. The van der Waals surface area contributed by atoms with E-state index >= 15 is 0 Å². The van der Waals surface area contributed by atoms with E-state index in [0.29, 0.717) is 24.3 Å². The summed E-state index contributed by atoms with van der Waals surface area (Å²) >= 11 is 0. The van der Waals surface area contributed by atoms with Crippen LogP contribution in [0, 0.1) is 0 Å². The summed E-state index contributed by atoms with van der Waals surface area (Å²) in [5, 5.41) is 3.34. The molecule has 0 saturated carbocycles. The van der Waals surface area contributed by atoms with Gasteiger partial charge in [0.2, 0.25) is 15.8 Å². The van der Waals surface area contributed by atoms with Gasteiger partial charge in [-0.25, -0.2) is 8.42 Å². The summed E-state index contributed by atoms with van der Waals surface area (Å²) in [5.74, 6) is -1.20. The molecule has 3 aromatic rings. The summed E-state index contributed by atoms with van der Waals surface area (Å²) in [6, 6.07) is 15.1. The second kappa shape index (κ2) is 8.31. The van der Waals surface area contributed by atoms with E-state index in [-0.39, 0.29) is 24.2 Å². The summed E-state index contributed by atoms with van der Waals surface area (Å²) in [6.07, 6.45) is -4.49. The van der Waals surface area contributed by atoms with Crippen LogP contribution in [0.25, 0.3) is 11.4 Å². The van der Waals surface area contributed by atoms with Gasteiger partial charge in [-0.15, -0.1) is 0 Å². The Labute approximate surface area is 176 Å². The van der Waals surface area contributed by atoms with Gasteiger partial charge in [-0.1, -0.05) is 35.5 Å². The first-order chi connectivity index (χ1) is 14.7. The van der Waals surface area contributed by atoms with Gasteiger partial charge in [0.25, 0.3) is 0 Å². The minimum absolute atomic E-state index is 0.0696. The fourth-order valence-electron chi connectivity index (χ4n) is 3.25. The molecule has 2 heterocycles. The lowest BCUT2D eigenvalue weighted by atomic mass is 10.2. The molecule has 0 radical (unpaired) electrons. The van der Waals surface area contributed by atoms with Crippen LogP contribution in [-0.4, -0.2) is 42.1 Å². The molecule has 1 aromatic heterocycles. The average Bonchev–Trinajstić information content (AvgIpc) is 3.39. The summed E-state index contributed by atoms with van der Waals surface area (Å²) in [4.78, 5) is 3.34. The number of halogens is 3. The van der Waals surface area contributed by atoms with Gasteiger partial charge in [0.15, 0.2) is 0 Å². The van der Waals surface area contributed by atoms with E-state index in [0.717, 1.165) is 5.56 Å². The number of benzene rings is 2. The molecule has 0 unspecified atom stereocenters. The van der Waals surface area contributed by atoms with Crippen molar-refractivity contribution in [1.82, 2.24) is 14.4 Å². The van der Waals surface area contributed by atoms with Crippen LogP contribution >= 0.6 is 0 Å². The third-order valence-corrected chi connectivity index (χ3v) is 6.59. The number of alkyl halides is 3. The van der Waals surface area contributed by atoms with Gasteiger partial charge in [-0.05, 0) is 36.2 Å². The van der Waals surface area contributed by atoms with Gasteiger partial charge in [-0.2, -0.15) is 22.5 Å².